The molecule has 14 heteroatoms. The van der Waals surface area contributed by atoms with Crippen LogP contribution < -0.4 is 4.18 Å². The van der Waals surface area contributed by atoms with Crippen LogP contribution in [0.4, 0.5) is 10.5 Å². The molecular weight excluding hydrogens is 631 g/mol. The summed E-state index contributed by atoms with van der Waals surface area (Å²) in [6.45, 7) is 0.0237. The molecule has 0 saturated carbocycles. The fourth-order valence-electron chi connectivity index (χ4n) is 3.18. The molecule has 1 heterocycles. The van der Waals surface area contributed by atoms with E-state index < -0.39 is 26.2 Å². The van der Waals surface area contributed by atoms with Crippen molar-refractivity contribution >= 4 is 83.9 Å². The third-order valence-electron chi connectivity index (χ3n) is 4.99. The Kier molecular flexibility index (Phi) is 7.95. The quantitative estimate of drug-likeness (QED) is 0.121. The summed E-state index contributed by atoms with van der Waals surface area (Å²) >= 11 is 15.9. The first-order chi connectivity index (χ1) is 17.4. The highest BCUT2D eigenvalue weighted by atomic mass is 79.9. The monoisotopic (exact) mass is 642 g/mol. The number of nitrogens with zero attached hydrogens (tertiary/aromatic N) is 2. The zero-order valence-corrected chi connectivity index (χ0v) is 23.0. The van der Waals surface area contributed by atoms with E-state index >= 15 is 0 Å². The van der Waals surface area contributed by atoms with Gasteiger partial charge in [-0.05, 0) is 81.3 Å². The molecule has 0 N–H and O–H groups in total. The number of amides is 2. The molecule has 0 bridgehead atoms. The van der Waals surface area contributed by atoms with Gasteiger partial charge in [-0.1, -0.05) is 35.3 Å². The van der Waals surface area contributed by atoms with Crippen molar-refractivity contribution in [2.24, 2.45) is 0 Å². The molecule has 4 rings (SSSR count). The first-order valence-corrected chi connectivity index (χ1v) is 13.9. The van der Waals surface area contributed by atoms with Crippen LogP contribution in [0.1, 0.15) is 11.1 Å². The second-order valence-corrected chi connectivity index (χ2v) is 11.7. The summed E-state index contributed by atoms with van der Waals surface area (Å²) in [7, 11) is -4.27. The number of thioether (sulfide) groups is 1. The third-order valence-corrected chi connectivity index (χ3v) is 8.50. The van der Waals surface area contributed by atoms with E-state index in [2.05, 4.69) is 15.9 Å². The Morgan fingerprint density at radius 2 is 1.73 bits per heavy atom. The molecule has 3 aromatic carbocycles. The summed E-state index contributed by atoms with van der Waals surface area (Å²) in [5.41, 5.74) is 0.884. The molecule has 1 aliphatic heterocycles. The molecule has 190 valence electrons. The Morgan fingerprint density at radius 1 is 1.03 bits per heavy atom. The van der Waals surface area contributed by atoms with Gasteiger partial charge in [0.25, 0.3) is 16.8 Å². The highest BCUT2D eigenvalue weighted by Gasteiger charge is 2.35. The predicted octanol–water partition coefficient (Wildman–Crippen LogP) is 6.67. The normalized spacial score (nSPS) is 14.9. The molecule has 0 spiro atoms. The summed E-state index contributed by atoms with van der Waals surface area (Å²) in [6, 6.07) is 13.5. The van der Waals surface area contributed by atoms with Gasteiger partial charge in [0.15, 0.2) is 5.75 Å². The maximum Gasteiger partial charge on any atom is 0.339 e. The van der Waals surface area contributed by atoms with Gasteiger partial charge in [-0.25, -0.2) is 0 Å². The smallest absolute Gasteiger partial charge is 0.339 e. The van der Waals surface area contributed by atoms with Gasteiger partial charge in [-0.15, -0.1) is 0 Å². The average molecular weight is 644 g/mol. The lowest BCUT2D eigenvalue weighted by Crippen LogP contribution is -2.27. The van der Waals surface area contributed by atoms with Crippen LogP contribution in [-0.4, -0.2) is 29.4 Å². The third kappa shape index (κ3) is 6.16. The number of rotatable bonds is 7. The zero-order chi connectivity index (χ0) is 26.9. The van der Waals surface area contributed by atoms with Crippen molar-refractivity contribution in [3.8, 4) is 5.75 Å². The van der Waals surface area contributed by atoms with Crippen LogP contribution in [-0.2, 0) is 21.5 Å². The van der Waals surface area contributed by atoms with Gasteiger partial charge in [0.2, 0.25) is 0 Å². The van der Waals surface area contributed by atoms with E-state index in [9.17, 15) is 28.1 Å². The fraction of sp³-hybridized carbons (Fsp3) is 0.0435. The van der Waals surface area contributed by atoms with Crippen LogP contribution >= 0.6 is 50.9 Å². The summed E-state index contributed by atoms with van der Waals surface area (Å²) in [6.07, 6.45) is 1.50. The molecule has 0 aliphatic carbocycles. The first-order valence-electron chi connectivity index (χ1n) is 10.1. The average Bonchev–Trinajstić information content (AvgIpc) is 3.10. The second-order valence-electron chi connectivity index (χ2n) is 7.49. The van der Waals surface area contributed by atoms with Crippen molar-refractivity contribution in [3.63, 3.8) is 0 Å². The summed E-state index contributed by atoms with van der Waals surface area (Å²) in [5.74, 6) is -0.526. The number of non-ortho nitro benzene ring substituents is 1. The molecule has 2 amide bonds. The van der Waals surface area contributed by atoms with Crippen molar-refractivity contribution in [2.45, 2.75) is 11.4 Å². The van der Waals surface area contributed by atoms with Crippen LogP contribution in [0.15, 0.2) is 74.9 Å². The molecule has 3 aromatic rings. The minimum absolute atomic E-state index is 0.0237. The predicted molar refractivity (Wildman–Crippen MR) is 143 cm³/mol. The van der Waals surface area contributed by atoms with Gasteiger partial charge in [-0.3, -0.25) is 24.6 Å². The summed E-state index contributed by atoms with van der Waals surface area (Å²) in [4.78, 5) is 36.4. The molecule has 0 aromatic heterocycles. The Labute approximate surface area is 233 Å². The van der Waals surface area contributed by atoms with Gasteiger partial charge in [0, 0.05) is 12.1 Å². The van der Waals surface area contributed by atoms with Gasteiger partial charge < -0.3 is 4.18 Å². The Hall–Kier alpha value is -2.90. The van der Waals surface area contributed by atoms with Gasteiger partial charge >= 0.3 is 10.1 Å². The van der Waals surface area contributed by atoms with Crippen molar-refractivity contribution in [1.29, 1.82) is 0 Å². The SMILES string of the molecule is O=C1S/C(=C\c2ccc(OS(=O)(=O)c3ccc([N+](=O)[O-])cc3)c(Br)c2)C(=O)N1Cc1ccc(Cl)c(Cl)c1. The largest absolute Gasteiger partial charge is 0.378 e. The lowest BCUT2D eigenvalue weighted by molar-refractivity contribution is -0.384. The minimum Gasteiger partial charge on any atom is -0.378 e. The fourth-order valence-corrected chi connectivity index (χ4v) is 5.87. The molecule has 1 fully saturated rings. The maximum atomic E-state index is 12.8. The summed E-state index contributed by atoms with van der Waals surface area (Å²) < 4.78 is 30.6. The highest BCUT2D eigenvalue weighted by Crippen LogP contribution is 2.36. The van der Waals surface area contributed by atoms with Crippen LogP contribution in [0, 0.1) is 10.1 Å². The first kappa shape index (κ1) is 27.1. The van der Waals surface area contributed by atoms with Crippen molar-refractivity contribution in [2.75, 3.05) is 0 Å². The van der Waals surface area contributed by atoms with E-state index in [1.807, 2.05) is 0 Å². The summed E-state index contributed by atoms with van der Waals surface area (Å²) in [5, 5.41) is 11.0. The molecule has 0 atom stereocenters. The number of hydrogen-bond acceptors (Lipinski definition) is 8. The Balaban J connectivity index is 1.50. The number of benzene rings is 3. The molecule has 1 saturated heterocycles. The maximum absolute atomic E-state index is 12.8. The van der Waals surface area contributed by atoms with Crippen LogP contribution in [0.5, 0.6) is 5.75 Å². The lowest BCUT2D eigenvalue weighted by Gasteiger charge is -2.13. The van der Waals surface area contributed by atoms with E-state index in [0.29, 0.717) is 21.2 Å². The number of nitro groups is 1. The van der Waals surface area contributed by atoms with Gasteiger partial charge in [0.1, 0.15) is 4.90 Å². The number of imide groups is 1. The number of halogens is 3. The molecule has 1 aliphatic rings. The Morgan fingerprint density at radius 3 is 2.35 bits per heavy atom. The number of carbonyl (C=O) groups is 2. The topological polar surface area (TPSA) is 124 Å². The van der Waals surface area contributed by atoms with Crippen LogP contribution in [0.3, 0.4) is 0 Å². The second kappa shape index (κ2) is 10.8. The molecule has 37 heavy (non-hydrogen) atoms. The molecule has 9 nitrogen and oxygen atoms in total. The van der Waals surface area contributed by atoms with E-state index in [-0.39, 0.29) is 32.3 Å². The molecular formula is C23H13BrCl2N2O7S2. The van der Waals surface area contributed by atoms with Crippen LogP contribution in [0.2, 0.25) is 10.0 Å². The van der Waals surface area contributed by atoms with E-state index in [0.717, 1.165) is 40.9 Å². The van der Waals surface area contributed by atoms with E-state index in [1.165, 1.54) is 24.3 Å². The van der Waals surface area contributed by atoms with E-state index in [1.54, 1.807) is 18.2 Å². The number of nitro benzene ring substituents is 1. The molecule has 0 unspecified atom stereocenters. The van der Waals surface area contributed by atoms with Gasteiger partial charge in [-0.2, -0.15) is 8.42 Å². The standard InChI is InChI=1S/C23H13BrCl2N2O7S2/c24-17-9-13(2-8-20(17)35-37(33,34)16-5-3-15(4-6-16)28(31)32)11-21-22(29)27(23(30)36-21)12-14-1-7-18(25)19(26)10-14/h1-11H,12H2/b21-11-. The van der Waals surface area contributed by atoms with Gasteiger partial charge in [0.05, 0.1) is 30.9 Å². The van der Waals surface area contributed by atoms with Crippen molar-refractivity contribution < 1.29 is 27.1 Å². The highest BCUT2D eigenvalue weighted by molar-refractivity contribution is 9.10. The number of hydrogen-bond donors (Lipinski definition) is 0. The lowest BCUT2D eigenvalue weighted by atomic mass is 10.2. The molecule has 0 radical (unpaired) electrons. The van der Waals surface area contributed by atoms with Crippen molar-refractivity contribution in [1.82, 2.24) is 4.90 Å². The van der Waals surface area contributed by atoms with Crippen molar-refractivity contribution in [3.05, 3.63) is 101 Å². The Bertz CT molecular complexity index is 1580. The number of carbonyl (C=O) groups excluding carboxylic acids is 2. The van der Waals surface area contributed by atoms with Crippen LogP contribution in [0.25, 0.3) is 6.08 Å². The zero-order valence-electron chi connectivity index (χ0n) is 18.3. The van der Waals surface area contributed by atoms with E-state index in [4.69, 9.17) is 27.4 Å². The minimum atomic E-state index is -4.27.